The van der Waals surface area contributed by atoms with Gasteiger partial charge >= 0.3 is 0 Å². The number of aromatic nitrogens is 4. The summed E-state index contributed by atoms with van der Waals surface area (Å²) in [4.78, 5) is 15.8. The third-order valence-corrected chi connectivity index (χ3v) is 2.07. The Hall–Kier alpha value is 0.310. The Balaban J connectivity index is 0.000000296. The van der Waals surface area contributed by atoms with Crippen LogP contribution in [0.4, 0.5) is 0 Å². The van der Waals surface area contributed by atoms with Crippen LogP contribution in [0.1, 0.15) is 17.2 Å². The monoisotopic (exact) mass is 564 g/mol. The van der Waals surface area contributed by atoms with Gasteiger partial charge in [-0.3, -0.25) is 4.57 Å². The molecular weight excluding hydrogens is 555 g/mol. The first-order valence-electron chi connectivity index (χ1n) is 5.46. The van der Waals surface area contributed by atoms with Crippen molar-refractivity contribution in [3.8, 4) is 0 Å². The van der Waals surface area contributed by atoms with Crippen LogP contribution in [0.5, 0.6) is 0 Å². The van der Waals surface area contributed by atoms with E-state index in [9.17, 15) is 4.57 Å². The first-order valence-corrected chi connectivity index (χ1v) is 14.0. The second kappa shape index (κ2) is 10.9. The molecule has 0 aromatic carbocycles. The molecule has 0 spiro atoms. The zero-order valence-corrected chi connectivity index (χ0v) is 18.7. The minimum Gasteiger partial charge on any atom is -0.287 e. The average molecular weight is 568 g/mol. The molecule has 0 saturated heterocycles. The van der Waals surface area contributed by atoms with E-state index in [0.717, 1.165) is 21.7 Å². The maximum atomic E-state index is 9.97. The number of aryl methyl sites for hydroxylation is 3. The van der Waals surface area contributed by atoms with Crippen molar-refractivity contribution in [1.82, 2.24) is 19.9 Å². The van der Waals surface area contributed by atoms with Crippen molar-refractivity contribution >= 4 is 65.6 Å². The van der Waals surface area contributed by atoms with E-state index in [0.29, 0.717) is 0 Å². The van der Waals surface area contributed by atoms with Crippen LogP contribution in [0, 0.1) is 20.8 Å². The minimum atomic E-state index is -2.20. The smallest absolute Gasteiger partial charge is 0.268 e. The molecule has 5 nitrogen and oxygen atoms in total. The van der Waals surface area contributed by atoms with Crippen LogP contribution in [0.25, 0.3) is 0 Å². The Labute approximate surface area is 156 Å². The Morgan fingerprint density at radius 2 is 1.10 bits per heavy atom. The summed E-state index contributed by atoms with van der Waals surface area (Å²) in [5, 5.41) is 0. The van der Waals surface area contributed by atoms with Crippen molar-refractivity contribution in [1.29, 1.82) is 0 Å². The third-order valence-electron chi connectivity index (χ3n) is 1.66. The molecular formula is C11H13Br4N4OP. The van der Waals surface area contributed by atoms with Gasteiger partial charge in [0.05, 0.1) is 4.47 Å². The van der Waals surface area contributed by atoms with Gasteiger partial charge in [-0.2, -0.15) is 0 Å². The van der Waals surface area contributed by atoms with Gasteiger partial charge < -0.3 is 0 Å². The summed E-state index contributed by atoms with van der Waals surface area (Å²) >= 11 is 11.5. The maximum Gasteiger partial charge on any atom is 0.268 e. The van der Waals surface area contributed by atoms with E-state index in [4.69, 9.17) is 0 Å². The summed E-state index contributed by atoms with van der Waals surface area (Å²) in [6.45, 7) is 5.70. The molecule has 2 aromatic heterocycles. The van der Waals surface area contributed by atoms with E-state index in [-0.39, 0.29) is 0 Å². The van der Waals surface area contributed by atoms with Crippen molar-refractivity contribution in [2.75, 3.05) is 0 Å². The van der Waals surface area contributed by atoms with Crippen molar-refractivity contribution in [3.63, 3.8) is 0 Å². The van der Waals surface area contributed by atoms with Gasteiger partial charge in [0.25, 0.3) is 3.25 Å². The van der Waals surface area contributed by atoms with E-state index >= 15 is 0 Å². The van der Waals surface area contributed by atoms with Crippen LogP contribution in [-0.2, 0) is 4.57 Å². The number of nitrogens with zero attached hydrogens (tertiary/aromatic N) is 4. The summed E-state index contributed by atoms with van der Waals surface area (Å²) in [5.74, 6) is 1.63. The molecule has 116 valence electrons. The first-order chi connectivity index (χ1) is 9.58. The van der Waals surface area contributed by atoms with Crippen LogP contribution in [0.15, 0.2) is 29.3 Å². The summed E-state index contributed by atoms with van der Waals surface area (Å²) in [7, 11) is 0. The van der Waals surface area contributed by atoms with Crippen molar-refractivity contribution in [2.45, 2.75) is 20.8 Å². The van der Waals surface area contributed by atoms with Gasteiger partial charge in [-0.15, -0.1) is 0 Å². The topological polar surface area (TPSA) is 68.6 Å². The summed E-state index contributed by atoms with van der Waals surface area (Å²) in [6.07, 6.45) is 7.06. The van der Waals surface area contributed by atoms with Gasteiger partial charge in [-0.1, -0.05) is 0 Å². The first kappa shape index (κ1) is 21.3. The molecule has 2 rings (SSSR count). The third kappa shape index (κ3) is 16.5. The molecule has 0 saturated carbocycles. The normalized spacial score (nSPS) is 9.86. The molecule has 0 atom stereocenters. The molecule has 2 aromatic rings. The van der Waals surface area contributed by atoms with Gasteiger partial charge in [0.15, 0.2) is 0 Å². The lowest BCUT2D eigenvalue weighted by Gasteiger charge is -1.88. The van der Waals surface area contributed by atoms with E-state index < -0.39 is 3.25 Å². The predicted molar refractivity (Wildman–Crippen MR) is 100 cm³/mol. The van der Waals surface area contributed by atoms with Crippen molar-refractivity contribution in [2.24, 2.45) is 0 Å². The molecule has 21 heavy (non-hydrogen) atoms. The maximum absolute atomic E-state index is 9.97. The summed E-state index contributed by atoms with van der Waals surface area (Å²) < 4.78 is 8.68. The second-order valence-corrected chi connectivity index (χ2v) is 22.9. The lowest BCUT2D eigenvalue weighted by Crippen LogP contribution is -1.84. The van der Waals surface area contributed by atoms with E-state index in [1.54, 1.807) is 12.4 Å². The number of rotatable bonds is 0. The zero-order valence-electron chi connectivity index (χ0n) is 11.5. The highest BCUT2D eigenvalue weighted by Gasteiger charge is 2.00. The lowest BCUT2D eigenvalue weighted by atomic mass is 10.4. The molecule has 0 N–H and O–H groups in total. The van der Waals surface area contributed by atoms with Crippen molar-refractivity contribution < 1.29 is 4.57 Å². The highest BCUT2D eigenvalue weighted by Crippen LogP contribution is 2.68. The molecule has 0 aliphatic heterocycles. The molecule has 2 heterocycles. The van der Waals surface area contributed by atoms with E-state index in [1.165, 1.54) is 0 Å². The molecule has 0 amide bonds. The molecule has 10 heteroatoms. The van der Waals surface area contributed by atoms with E-state index in [1.807, 2.05) is 33.2 Å². The molecule has 0 bridgehead atoms. The summed E-state index contributed by atoms with van der Waals surface area (Å²) in [6, 6.07) is 0. The Kier molecular flexibility index (Phi) is 11.1. The van der Waals surface area contributed by atoms with Gasteiger partial charge in [-0.05, 0) is 42.3 Å². The fourth-order valence-corrected chi connectivity index (χ4v) is 1.04. The largest absolute Gasteiger partial charge is 0.287 e. The molecule has 0 aliphatic rings. The van der Waals surface area contributed by atoms with Gasteiger partial charge in [0.2, 0.25) is 0 Å². The van der Waals surface area contributed by atoms with Crippen LogP contribution in [-0.4, -0.2) is 19.9 Å². The highest BCUT2D eigenvalue weighted by molar-refractivity contribution is 9.94. The Bertz CT molecular complexity index is 480. The predicted octanol–water partition coefficient (Wildman–Crippen LogP) is 5.92. The quantitative estimate of drug-likeness (QED) is 0.370. The Morgan fingerprint density at radius 3 is 1.33 bits per heavy atom. The lowest BCUT2D eigenvalue weighted by molar-refractivity contribution is 0.603. The SMILES string of the molecule is Cc1cnc(C)nc1.Cc1ncc(Br)cn1.O=P(Br)(Br)Br. The van der Waals surface area contributed by atoms with Crippen LogP contribution >= 0.6 is 65.6 Å². The second-order valence-electron chi connectivity index (χ2n) is 3.65. The fourth-order valence-electron chi connectivity index (χ4n) is 0.834. The zero-order chi connectivity index (χ0) is 16.5. The van der Waals surface area contributed by atoms with Crippen LogP contribution in [0.2, 0.25) is 0 Å². The van der Waals surface area contributed by atoms with Gasteiger partial charge in [0.1, 0.15) is 11.6 Å². The number of halogens is 4. The number of hydrogen-bond acceptors (Lipinski definition) is 5. The molecule has 0 unspecified atom stereocenters. The van der Waals surface area contributed by atoms with E-state index in [2.05, 4.69) is 82.3 Å². The van der Waals surface area contributed by atoms with Crippen molar-refractivity contribution in [3.05, 3.63) is 46.5 Å². The molecule has 0 fully saturated rings. The standard InChI is InChI=1S/C6H8N2.C5H5BrN2.Br3OP/c1-5-3-7-6(2)8-4-5;1-4-7-2-5(6)3-8-4;1-5(2,3)4/h3-4H,1-2H3;2-3H,1H3;. The molecule has 0 radical (unpaired) electrons. The average Bonchev–Trinajstić information content (AvgIpc) is 2.35. The number of hydrogen-bond donors (Lipinski definition) is 0. The van der Waals surface area contributed by atoms with Crippen LogP contribution < -0.4 is 0 Å². The summed E-state index contributed by atoms with van der Waals surface area (Å²) in [5.41, 5.74) is 1.11. The fraction of sp³-hybridized carbons (Fsp3) is 0.273. The van der Waals surface area contributed by atoms with Gasteiger partial charge in [-0.25, -0.2) is 19.9 Å². The van der Waals surface area contributed by atoms with Gasteiger partial charge in [0, 0.05) is 71.3 Å². The highest BCUT2D eigenvalue weighted by atomic mass is 80.0. The minimum absolute atomic E-state index is 0.799. The van der Waals surface area contributed by atoms with Crippen LogP contribution in [0.3, 0.4) is 0 Å². The molecule has 0 aliphatic carbocycles. The Morgan fingerprint density at radius 1 is 0.810 bits per heavy atom.